The first-order chi connectivity index (χ1) is 14.3. The predicted molar refractivity (Wildman–Crippen MR) is 106 cm³/mol. The van der Waals surface area contributed by atoms with Crippen molar-refractivity contribution in [2.24, 2.45) is 0 Å². The van der Waals surface area contributed by atoms with Crippen LogP contribution >= 0.6 is 0 Å². The van der Waals surface area contributed by atoms with Crippen LogP contribution in [0, 0.1) is 0 Å². The number of nitrogens with zero attached hydrogens (tertiary/aromatic N) is 6. The number of fused-ring (bicyclic) bond motifs is 1. The van der Waals surface area contributed by atoms with Gasteiger partial charge in [0.05, 0.1) is 25.1 Å². The van der Waals surface area contributed by atoms with E-state index < -0.39 is 0 Å². The van der Waals surface area contributed by atoms with Gasteiger partial charge in [0.15, 0.2) is 5.65 Å². The first-order valence-corrected chi connectivity index (χ1v) is 9.39. The number of hydrogen-bond donors (Lipinski definition) is 2. The summed E-state index contributed by atoms with van der Waals surface area (Å²) in [6.07, 6.45) is 4.80. The zero-order valence-corrected chi connectivity index (χ0v) is 15.9. The first-order valence-electron chi connectivity index (χ1n) is 9.39. The molecule has 1 fully saturated rings. The predicted octanol–water partition coefficient (Wildman–Crippen LogP) is 2.03. The molecule has 1 atom stereocenters. The van der Waals surface area contributed by atoms with Gasteiger partial charge in [-0.3, -0.25) is 5.10 Å². The number of aromatic amines is 1. The Balaban J connectivity index is 1.23. The van der Waals surface area contributed by atoms with E-state index in [4.69, 9.17) is 9.26 Å². The SMILES string of the molecule is COc1ccc(Cc2nc(N3CC[C@H](Nc4ncnc5[nH]ncc45)C3)no2)cc1. The summed E-state index contributed by atoms with van der Waals surface area (Å²) in [7, 11) is 1.65. The van der Waals surface area contributed by atoms with E-state index in [1.165, 1.54) is 6.33 Å². The third-order valence-corrected chi connectivity index (χ3v) is 5.03. The largest absolute Gasteiger partial charge is 0.497 e. The van der Waals surface area contributed by atoms with Crippen molar-refractivity contribution in [1.82, 2.24) is 30.3 Å². The van der Waals surface area contributed by atoms with Crippen LogP contribution in [0.4, 0.5) is 11.8 Å². The molecule has 0 unspecified atom stereocenters. The molecule has 3 aromatic heterocycles. The van der Waals surface area contributed by atoms with Crippen LogP contribution < -0.4 is 15.0 Å². The minimum Gasteiger partial charge on any atom is -0.497 e. The lowest BCUT2D eigenvalue weighted by atomic mass is 10.1. The molecule has 0 spiro atoms. The lowest BCUT2D eigenvalue weighted by molar-refractivity contribution is 0.384. The number of methoxy groups -OCH3 is 1. The number of ether oxygens (including phenoxy) is 1. The molecule has 0 amide bonds. The van der Waals surface area contributed by atoms with Crippen molar-refractivity contribution in [3.63, 3.8) is 0 Å². The van der Waals surface area contributed by atoms with E-state index in [2.05, 4.69) is 40.5 Å². The molecule has 10 nitrogen and oxygen atoms in total. The van der Waals surface area contributed by atoms with E-state index in [0.29, 0.717) is 18.3 Å². The first kappa shape index (κ1) is 17.4. The normalized spacial score (nSPS) is 16.4. The molecule has 4 aromatic rings. The average Bonchev–Trinajstić information content (AvgIpc) is 3.49. The quantitative estimate of drug-likeness (QED) is 0.508. The molecule has 10 heteroatoms. The monoisotopic (exact) mass is 392 g/mol. The number of aromatic nitrogens is 6. The van der Waals surface area contributed by atoms with E-state index in [0.717, 1.165) is 47.7 Å². The highest BCUT2D eigenvalue weighted by molar-refractivity contribution is 5.85. The number of anilines is 2. The van der Waals surface area contributed by atoms with Crippen LogP contribution in [0.5, 0.6) is 5.75 Å². The third kappa shape index (κ3) is 3.56. The second-order valence-corrected chi connectivity index (χ2v) is 6.94. The summed E-state index contributed by atoms with van der Waals surface area (Å²) >= 11 is 0. The van der Waals surface area contributed by atoms with E-state index in [9.17, 15) is 0 Å². The van der Waals surface area contributed by atoms with Crippen LogP contribution in [0.25, 0.3) is 11.0 Å². The highest BCUT2D eigenvalue weighted by Crippen LogP contribution is 2.23. The molecule has 29 heavy (non-hydrogen) atoms. The summed E-state index contributed by atoms with van der Waals surface area (Å²) in [6, 6.07) is 8.07. The molecule has 0 bridgehead atoms. The number of rotatable bonds is 6. The van der Waals surface area contributed by atoms with Crippen molar-refractivity contribution in [1.29, 1.82) is 0 Å². The number of hydrogen-bond acceptors (Lipinski definition) is 9. The van der Waals surface area contributed by atoms with Crippen molar-refractivity contribution >= 4 is 22.8 Å². The fraction of sp³-hybridized carbons (Fsp3) is 0.316. The zero-order chi connectivity index (χ0) is 19.6. The van der Waals surface area contributed by atoms with Crippen molar-refractivity contribution in [3.05, 3.63) is 48.2 Å². The molecular weight excluding hydrogens is 372 g/mol. The van der Waals surface area contributed by atoms with Crippen molar-refractivity contribution in [2.45, 2.75) is 18.9 Å². The lowest BCUT2D eigenvalue weighted by Crippen LogP contribution is -2.27. The average molecular weight is 392 g/mol. The van der Waals surface area contributed by atoms with Gasteiger partial charge in [0.25, 0.3) is 5.95 Å². The molecule has 2 N–H and O–H groups in total. The van der Waals surface area contributed by atoms with Crippen LogP contribution in [0.1, 0.15) is 17.9 Å². The highest BCUT2D eigenvalue weighted by Gasteiger charge is 2.26. The van der Waals surface area contributed by atoms with Crippen LogP contribution in [0.15, 0.2) is 41.3 Å². The molecule has 0 aliphatic carbocycles. The molecular formula is C19H20N8O2. The maximum Gasteiger partial charge on any atom is 0.266 e. The van der Waals surface area contributed by atoms with Crippen LogP contribution in [0.3, 0.4) is 0 Å². The molecule has 1 aliphatic rings. The highest BCUT2D eigenvalue weighted by atomic mass is 16.5. The standard InChI is InChI=1S/C19H20N8O2/c1-28-14-4-2-12(3-5-14)8-16-24-19(26-29-16)27-7-6-13(10-27)23-17-15-9-22-25-18(15)21-11-20-17/h2-5,9,11,13H,6-8,10H2,1H3,(H2,20,21,22,23,25)/t13-/m0/s1. The number of nitrogens with one attached hydrogen (secondary N) is 2. The Morgan fingerprint density at radius 2 is 2.17 bits per heavy atom. The van der Waals surface area contributed by atoms with Gasteiger partial charge in [-0.2, -0.15) is 10.1 Å². The number of H-pyrrole nitrogens is 1. The van der Waals surface area contributed by atoms with E-state index in [-0.39, 0.29) is 6.04 Å². The molecule has 1 aliphatic heterocycles. The van der Waals surface area contributed by atoms with E-state index >= 15 is 0 Å². The minimum atomic E-state index is 0.228. The van der Waals surface area contributed by atoms with Gasteiger partial charge in [-0.05, 0) is 29.3 Å². The molecule has 148 valence electrons. The van der Waals surface area contributed by atoms with Gasteiger partial charge in [-0.15, -0.1) is 0 Å². The fourth-order valence-corrected chi connectivity index (χ4v) is 3.50. The second kappa shape index (κ2) is 7.38. The molecule has 0 radical (unpaired) electrons. The zero-order valence-electron chi connectivity index (χ0n) is 15.9. The van der Waals surface area contributed by atoms with Crippen LogP contribution in [-0.4, -0.2) is 56.5 Å². The van der Waals surface area contributed by atoms with Gasteiger partial charge < -0.3 is 19.5 Å². The second-order valence-electron chi connectivity index (χ2n) is 6.94. The van der Waals surface area contributed by atoms with Crippen molar-refractivity contribution in [2.75, 3.05) is 30.4 Å². The Hall–Kier alpha value is -3.69. The van der Waals surface area contributed by atoms with Crippen molar-refractivity contribution < 1.29 is 9.26 Å². The summed E-state index contributed by atoms with van der Waals surface area (Å²) < 4.78 is 10.6. The van der Waals surface area contributed by atoms with Gasteiger partial charge in [0.2, 0.25) is 5.89 Å². The van der Waals surface area contributed by atoms with Crippen LogP contribution in [0.2, 0.25) is 0 Å². The summed E-state index contributed by atoms with van der Waals surface area (Å²) in [5.41, 5.74) is 1.81. The molecule has 5 rings (SSSR count). The van der Waals surface area contributed by atoms with Gasteiger partial charge in [-0.25, -0.2) is 9.97 Å². The maximum atomic E-state index is 5.45. The summed E-state index contributed by atoms with van der Waals surface area (Å²) in [6.45, 7) is 1.61. The van der Waals surface area contributed by atoms with Gasteiger partial charge in [0.1, 0.15) is 17.9 Å². The topological polar surface area (TPSA) is 118 Å². The van der Waals surface area contributed by atoms with Gasteiger partial charge in [0, 0.05) is 19.1 Å². The Kier molecular flexibility index (Phi) is 4.43. The molecule has 1 aromatic carbocycles. The van der Waals surface area contributed by atoms with Gasteiger partial charge >= 0.3 is 0 Å². The fourth-order valence-electron chi connectivity index (χ4n) is 3.50. The van der Waals surface area contributed by atoms with E-state index in [1.54, 1.807) is 13.3 Å². The molecule has 4 heterocycles. The third-order valence-electron chi connectivity index (χ3n) is 5.03. The van der Waals surface area contributed by atoms with Crippen molar-refractivity contribution in [3.8, 4) is 5.75 Å². The number of benzene rings is 1. The Labute approximate surface area is 166 Å². The molecule has 1 saturated heterocycles. The summed E-state index contributed by atoms with van der Waals surface area (Å²) in [5.74, 6) is 2.82. The maximum absolute atomic E-state index is 5.45. The van der Waals surface area contributed by atoms with Gasteiger partial charge in [-0.1, -0.05) is 12.1 Å². The van der Waals surface area contributed by atoms with E-state index in [1.807, 2.05) is 24.3 Å². The summed E-state index contributed by atoms with van der Waals surface area (Å²) in [5, 5.41) is 15.4. The Morgan fingerprint density at radius 1 is 1.28 bits per heavy atom. The minimum absolute atomic E-state index is 0.228. The Morgan fingerprint density at radius 3 is 3.03 bits per heavy atom. The Bertz CT molecular complexity index is 1110. The lowest BCUT2D eigenvalue weighted by Gasteiger charge is -2.15. The van der Waals surface area contributed by atoms with Crippen LogP contribution in [-0.2, 0) is 6.42 Å². The molecule has 0 saturated carbocycles. The summed E-state index contributed by atoms with van der Waals surface area (Å²) in [4.78, 5) is 15.2. The smallest absolute Gasteiger partial charge is 0.266 e.